The van der Waals surface area contributed by atoms with Gasteiger partial charge in [0.05, 0.1) is 28.4 Å². The Bertz CT molecular complexity index is 2630. The standard InChI is InChI=1S/C47H42N4OSi/c1-46(2,3)31-23-25-48-42(27-31)51-39-20-14-13-19-36(39)43-40(51)29-33(30-50-43)52-32-21-22-41-37(28-32)44-45(38(24-26-49-44)47(4,5)6)53(41,34-15-9-7-10-16-34)35-17-11-8-12-18-35/h7-30H,1-6H3. The second-order valence-electron chi connectivity index (χ2n) is 16.2. The fraction of sp³-hybridized carbons (Fsp3) is 0.170. The topological polar surface area (TPSA) is 52.8 Å². The van der Waals surface area contributed by atoms with Crippen LogP contribution >= 0.6 is 0 Å². The lowest BCUT2D eigenvalue weighted by Crippen LogP contribution is -2.73. The number of hydrogen-bond donors (Lipinski definition) is 0. The van der Waals surface area contributed by atoms with E-state index >= 15 is 0 Å². The first-order valence-corrected chi connectivity index (χ1v) is 20.3. The molecule has 8 aromatic rings. The van der Waals surface area contributed by atoms with Crippen molar-refractivity contribution in [1.29, 1.82) is 0 Å². The summed E-state index contributed by atoms with van der Waals surface area (Å²) in [6.45, 7) is 13.6. The minimum absolute atomic E-state index is 0.0148. The fourth-order valence-corrected chi connectivity index (χ4v) is 13.8. The molecule has 1 aliphatic heterocycles. The van der Waals surface area contributed by atoms with E-state index in [2.05, 4.69) is 174 Å². The molecule has 5 heterocycles. The quantitative estimate of drug-likeness (QED) is 0.168. The largest absolute Gasteiger partial charge is 0.456 e. The van der Waals surface area contributed by atoms with Crippen LogP contribution in [-0.4, -0.2) is 27.6 Å². The van der Waals surface area contributed by atoms with E-state index in [-0.39, 0.29) is 10.8 Å². The van der Waals surface area contributed by atoms with Crippen LogP contribution in [0.25, 0.3) is 39.0 Å². The molecule has 4 aromatic heterocycles. The Morgan fingerprint density at radius 2 is 1.26 bits per heavy atom. The molecule has 6 heteroatoms. The lowest BCUT2D eigenvalue weighted by atomic mass is 9.87. The lowest BCUT2D eigenvalue weighted by molar-refractivity contribution is 0.481. The zero-order valence-corrected chi connectivity index (χ0v) is 32.1. The summed E-state index contributed by atoms with van der Waals surface area (Å²) < 4.78 is 8.96. The predicted molar refractivity (Wildman–Crippen MR) is 221 cm³/mol. The van der Waals surface area contributed by atoms with Crippen molar-refractivity contribution < 1.29 is 4.74 Å². The molecule has 0 amide bonds. The Morgan fingerprint density at radius 3 is 1.96 bits per heavy atom. The van der Waals surface area contributed by atoms with Crippen LogP contribution in [-0.2, 0) is 10.8 Å². The number of nitrogens with zero attached hydrogens (tertiary/aromatic N) is 4. The minimum Gasteiger partial charge on any atom is -0.456 e. The van der Waals surface area contributed by atoms with Crippen LogP contribution in [0.4, 0.5) is 0 Å². The first-order chi connectivity index (χ1) is 25.5. The highest BCUT2D eigenvalue weighted by atomic mass is 28.3. The van der Waals surface area contributed by atoms with E-state index in [1.807, 2.05) is 18.6 Å². The zero-order chi connectivity index (χ0) is 36.5. The lowest BCUT2D eigenvalue weighted by Gasteiger charge is -2.35. The SMILES string of the molecule is CC(C)(C)c1ccnc(-n2c3ccccc3c3ncc(Oc4ccc5c(c4)-c4nccc(C(C)(C)C)c4[Si]5(c4ccccc4)c4ccccc4)cc32)c1. The number of hydrogen-bond acceptors (Lipinski definition) is 4. The van der Waals surface area contributed by atoms with Gasteiger partial charge in [0, 0.05) is 29.4 Å². The molecule has 0 N–H and O–H groups in total. The highest BCUT2D eigenvalue weighted by Gasteiger charge is 2.51. The van der Waals surface area contributed by atoms with Gasteiger partial charge in [0.15, 0.2) is 8.07 Å². The van der Waals surface area contributed by atoms with Gasteiger partial charge in [-0.15, -0.1) is 0 Å². The molecule has 0 saturated carbocycles. The second kappa shape index (κ2) is 12.1. The van der Waals surface area contributed by atoms with Crippen LogP contribution in [0, 0.1) is 0 Å². The van der Waals surface area contributed by atoms with E-state index in [9.17, 15) is 0 Å². The first kappa shape index (κ1) is 33.0. The van der Waals surface area contributed by atoms with Gasteiger partial charge in [0.2, 0.25) is 0 Å². The van der Waals surface area contributed by atoms with Gasteiger partial charge in [-0.3, -0.25) is 14.5 Å². The molecular weight excluding hydrogens is 665 g/mol. The van der Waals surface area contributed by atoms with E-state index in [1.54, 1.807) is 0 Å². The number of para-hydroxylation sites is 1. The Labute approximate surface area is 312 Å². The average Bonchev–Trinajstić information content (AvgIpc) is 3.65. The second-order valence-corrected chi connectivity index (χ2v) is 19.9. The van der Waals surface area contributed by atoms with Crippen LogP contribution in [0.1, 0.15) is 52.7 Å². The first-order valence-electron chi connectivity index (χ1n) is 18.3. The molecule has 1 aliphatic rings. The predicted octanol–water partition coefficient (Wildman–Crippen LogP) is 8.71. The fourth-order valence-electron chi connectivity index (χ4n) is 8.31. The van der Waals surface area contributed by atoms with Crippen molar-refractivity contribution >= 4 is 50.8 Å². The summed E-state index contributed by atoms with van der Waals surface area (Å²) in [7, 11) is -2.75. The Balaban J connectivity index is 1.23. The van der Waals surface area contributed by atoms with Crippen molar-refractivity contribution in [3.05, 3.63) is 157 Å². The van der Waals surface area contributed by atoms with Crippen molar-refractivity contribution in [1.82, 2.24) is 19.5 Å². The van der Waals surface area contributed by atoms with Gasteiger partial charge in [-0.2, -0.15) is 0 Å². The van der Waals surface area contributed by atoms with E-state index in [4.69, 9.17) is 19.7 Å². The Kier molecular flexibility index (Phi) is 7.54. The number of aromatic nitrogens is 4. The van der Waals surface area contributed by atoms with Crippen molar-refractivity contribution in [3.8, 4) is 28.6 Å². The smallest absolute Gasteiger partial charge is 0.183 e. The average molecular weight is 707 g/mol. The van der Waals surface area contributed by atoms with Crippen molar-refractivity contribution in [3.63, 3.8) is 0 Å². The van der Waals surface area contributed by atoms with Gasteiger partial charge in [0.1, 0.15) is 17.3 Å². The van der Waals surface area contributed by atoms with E-state index in [1.165, 1.54) is 31.9 Å². The van der Waals surface area contributed by atoms with Gasteiger partial charge < -0.3 is 4.74 Å². The molecule has 0 bridgehead atoms. The maximum atomic E-state index is 6.76. The van der Waals surface area contributed by atoms with Crippen molar-refractivity contribution in [2.45, 2.75) is 52.4 Å². The maximum Gasteiger partial charge on any atom is 0.183 e. The maximum absolute atomic E-state index is 6.76. The van der Waals surface area contributed by atoms with E-state index < -0.39 is 8.07 Å². The Morgan fingerprint density at radius 1 is 0.585 bits per heavy atom. The zero-order valence-electron chi connectivity index (χ0n) is 31.1. The van der Waals surface area contributed by atoms with E-state index in [0.29, 0.717) is 5.75 Å². The molecule has 0 radical (unpaired) electrons. The van der Waals surface area contributed by atoms with Gasteiger partial charge in [-0.25, -0.2) is 4.98 Å². The monoisotopic (exact) mass is 706 g/mol. The van der Waals surface area contributed by atoms with Gasteiger partial charge >= 0.3 is 0 Å². The minimum atomic E-state index is -2.75. The van der Waals surface area contributed by atoms with Crippen molar-refractivity contribution in [2.24, 2.45) is 0 Å². The molecule has 53 heavy (non-hydrogen) atoms. The number of pyridine rings is 3. The van der Waals surface area contributed by atoms with Crippen LogP contribution in [0.15, 0.2) is 146 Å². The third-order valence-corrected chi connectivity index (χ3v) is 15.7. The normalized spacial score (nSPS) is 13.6. The summed E-state index contributed by atoms with van der Waals surface area (Å²) in [5.74, 6) is 2.28. The molecule has 260 valence electrons. The van der Waals surface area contributed by atoms with Gasteiger partial charge in [0.25, 0.3) is 0 Å². The summed E-state index contributed by atoms with van der Waals surface area (Å²) in [5.41, 5.74) is 7.57. The summed E-state index contributed by atoms with van der Waals surface area (Å²) in [6.07, 6.45) is 5.72. The molecule has 0 fully saturated rings. The molecule has 5 nitrogen and oxygen atoms in total. The molecule has 0 spiro atoms. The molecule has 9 rings (SSSR count). The van der Waals surface area contributed by atoms with Gasteiger partial charge in [-0.1, -0.05) is 126 Å². The highest BCUT2D eigenvalue weighted by molar-refractivity contribution is 7.22. The van der Waals surface area contributed by atoms with Crippen LogP contribution in [0.3, 0.4) is 0 Å². The van der Waals surface area contributed by atoms with Crippen LogP contribution < -0.4 is 25.5 Å². The van der Waals surface area contributed by atoms with Crippen LogP contribution in [0.5, 0.6) is 11.5 Å². The third kappa shape index (κ3) is 5.23. The molecule has 0 unspecified atom stereocenters. The van der Waals surface area contributed by atoms with Gasteiger partial charge in [-0.05, 0) is 79.1 Å². The number of fused-ring (bicyclic) bond motifs is 6. The van der Waals surface area contributed by atoms with E-state index in [0.717, 1.165) is 44.8 Å². The van der Waals surface area contributed by atoms with Crippen LogP contribution in [0.2, 0.25) is 0 Å². The summed E-state index contributed by atoms with van der Waals surface area (Å²) in [5, 5.41) is 6.49. The number of ether oxygens (including phenoxy) is 1. The summed E-state index contributed by atoms with van der Waals surface area (Å²) >= 11 is 0. The molecule has 0 aliphatic carbocycles. The molecular formula is C47H42N4OSi. The molecule has 4 aromatic carbocycles. The summed E-state index contributed by atoms with van der Waals surface area (Å²) in [4.78, 5) is 15.0. The summed E-state index contributed by atoms with van der Waals surface area (Å²) in [6, 6.07) is 45.8. The molecule has 0 saturated heterocycles. The Hall–Kier alpha value is -5.85. The number of rotatable bonds is 5. The molecule has 0 atom stereocenters. The third-order valence-electron chi connectivity index (χ3n) is 10.8. The van der Waals surface area contributed by atoms with Crippen molar-refractivity contribution in [2.75, 3.05) is 0 Å². The highest BCUT2D eigenvalue weighted by Crippen LogP contribution is 2.37. The number of benzene rings is 4.